The molecule has 122 valence electrons. The lowest BCUT2D eigenvalue weighted by atomic mass is 9.91. The lowest BCUT2D eigenvalue weighted by Gasteiger charge is -2.38. The maximum atomic E-state index is 12.1. The Kier molecular flexibility index (Phi) is 6.87. The summed E-state index contributed by atoms with van der Waals surface area (Å²) in [5, 5.41) is 12.5. The molecule has 2 unspecified atom stereocenters. The fraction of sp³-hybridized carbons (Fsp3) is 0.611. The van der Waals surface area contributed by atoms with E-state index in [0.717, 1.165) is 32.2 Å². The monoisotopic (exact) mass is 304 g/mol. The third-order valence-corrected chi connectivity index (χ3v) is 4.57. The molecule has 1 aliphatic heterocycles. The minimum atomic E-state index is 0.0700. The quantitative estimate of drug-likeness (QED) is 0.756. The molecule has 4 nitrogen and oxygen atoms in total. The minimum Gasteiger partial charge on any atom is -0.395 e. The van der Waals surface area contributed by atoms with E-state index in [-0.39, 0.29) is 18.6 Å². The zero-order valence-electron chi connectivity index (χ0n) is 13.5. The van der Waals surface area contributed by atoms with Crippen molar-refractivity contribution < 1.29 is 9.90 Å². The molecule has 1 aliphatic rings. The molecule has 1 aromatic carbocycles. The van der Waals surface area contributed by atoms with Crippen LogP contribution in [-0.2, 0) is 11.2 Å². The number of rotatable bonds is 7. The van der Waals surface area contributed by atoms with E-state index in [2.05, 4.69) is 29.3 Å². The third kappa shape index (κ3) is 5.11. The first-order valence-electron chi connectivity index (χ1n) is 8.36. The number of hydrogen-bond acceptors (Lipinski definition) is 3. The standard InChI is InChI=1S/C18H28N2O2/c1-15-7-6-12-20(17(15)14-21)13-18(22)19-11-5-10-16-8-3-2-4-9-16/h2-4,8-9,15,17,21H,5-7,10-14H2,1H3,(H,19,22). The Morgan fingerprint density at radius 3 is 2.86 bits per heavy atom. The molecule has 1 heterocycles. The number of carbonyl (C=O) groups excluding carboxylic acids is 1. The van der Waals surface area contributed by atoms with E-state index < -0.39 is 0 Å². The van der Waals surface area contributed by atoms with Crippen molar-refractivity contribution in [2.24, 2.45) is 5.92 Å². The Morgan fingerprint density at radius 1 is 1.36 bits per heavy atom. The predicted molar refractivity (Wildman–Crippen MR) is 88.6 cm³/mol. The maximum Gasteiger partial charge on any atom is 0.234 e. The van der Waals surface area contributed by atoms with Crippen LogP contribution in [0.3, 0.4) is 0 Å². The van der Waals surface area contributed by atoms with Gasteiger partial charge in [0.05, 0.1) is 13.2 Å². The first-order valence-corrected chi connectivity index (χ1v) is 8.36. The van der Waals surface area contributed by atoms with Gasteiger partial charge in [-0.05, 0) is 43.7 Å². The van der Waals surface area contributed by atoms with Crippen LogP contribution in [0.25, 0.3) is 0 Å². The van der Waals surface area contributed by atoms with Gasteiger partial charge in [-0.15, -0.1) is 0 Å². The zero-order chi connectivity index (χ0) is 15.8. The maximum absolute atomic E-state index is 12.1. The van der Waals surface area contributed by atoms with Crippen LogP contribution in [0.15, 0.2) is 30.3 Å². The normalized spacial score (nSPS) is 22.5. The fourth-order valence-electron chi connectivity index (χ4n) is 3.23. The van der Waals surface area contributed by atoms with Crippen LogP contribution in [-0.4, -0.2) is 48.2 Å². The number of likely N-dealkylation sites (tertiary alicyclic amines) is 1. The molecule has 4 heteroatoms. The average Bonchev–Trinajstić information content (AvgIpc) is 2.53. The molecule has 22 heavy (non-hydrogen) atoms. The highest BCUT2D eigenvalue weighted by Crippen LogP contribution is 2.22. The van der Waals surface area contributed by atoms with Crippen LogP contribution in [0.2, 0.25) is 0 Å². The molecule has 2 rings (SSSR count). The van der Waals surface area contributed by atoms with Gasteiger partial charge in [0, 0.05) is 12.6 Å². The summed E-state index contributed by atoms with van der Waals surface area (Å²) in [6, 6.07) is 10.5. The van der Waals surface area contributed by atoms with Gasteiger partial charge in [-0.2, -0.15) is 0 Å². The zero-order valence-corrected chi connectivity index (χ0v) is 13.5. The van der Waals surface area contributed by atoms with E-state index in [1.807, 2.05) is 18.2 Å². The molecule has 2 N–H and O–H groups in total. The van der Waals surface area contributed by atoms with E-state index >= 15 is 0 Å². The summed E-state index contributed by atoms with van der Waals surface area (Å²) in [4.78, 5) is 14.2. The first-order chi connectivity index (χ1) is 10.7. The Labute approximate surface area is 133 Å². The van der Waals surface area contributed by atoms with Crippen LogP contribution in [0.1, 0.15) is 31.7 Å². The van der Waals surface area contributed by atoms with Crippen LogP contribution in [0.4, 0.5) is 0 Å². The average molecular weight is 304 g/mol. The fourth-order valence-corrected chi connectivity index (χ4v) is 3.23. The van der Waals surface area contributed by atoms with Crippen LogP contribution in [0.5, 0.6) is 0 Å². The molecule has 0 radical (unpaired) electrons. The van der Waals surface area contributed by atoms with Crippen molar-refractivity contribution in [2.75, 3.05) is 26.2 Å². The van der Waals surface area contributed by atoms with Gasteiger partial charge in [0.2, 0.25) is 5.91 Å². The number of hydrogen-bond donors (Lipinski definition) is 2. The molecule has 0 aromatic heterocycles. The molecular weight excluding hydrogens is 276 g/mol. The van der Waals surface area contributed by atoms with Crippen molar-refractivity contribution in [3.63, 3.8) is 0 Å². The number of aliphatic hydroxyl groups excluding tert-OH is 1. The summed E-state index contributed by atoms with van der Waals surface area (Å²) in [6.45, 7) is 4.32. The molecular formula is C18H28N2O2. The molecule has 1 fully saturated rings. The highest BCUT2D eigenvalue weighted by atomic mass is 16.3. The molecule has 0 saturated carbocycles. The third-order valence-electron chi connectivity index (χ3n) is 4.57. The number of nitrogens with one attached hydrogen (secondary N) is 1. The Balaban J connectivity index is 1.67. The highest BCUT2D eigenvalue weighted by molar-refractivity contribution is 5.78. The van der Waals surface area contributed by atoms with Crippen molar-refractivity contribution >= 4 is 5.91 Å². The van der Waals surface area contributed by atoms with Gasteiger partial charge >= 0.3 is 0 Å². The highest BCUT2D eigenvalue weighted by Gasteiger charge is 2.28. The number of carbonyl (C=O) groups is 1. The minimum absolute atomic E-state index is 0.0700. The summed E-state index contributed by atoms with van der Waals surface area (Å²) in [5.41, 5.74) is 1.31. The predicted octanol–water partition coefficient (Wildman–Crippen LogP) is 1.83. The molecule has 1 saturated heterocycles. The second-order valence-electron chi connectivity index (χ2n) is 6.28. The smallest absolute Gasteiger partial charge is 0.234 e. The van der Waals surface area contributed by atoms with E-state index in [1.165, 1.54) is 5.56 Å². The number of nitrogens with zero attached hydrogens (tertiary/aromatic N) is 1. The van der Waals surface area contributed by atoms with Crippen molar-refractivity contribution in [2.45, 2.75) is 38.6 Å². The van der Waals surface area contributed by atoms with Crippen molar-refractivity contribution in [3.05, 3.63) is 35.9 Å². The van der Waals surface area contributed by atoms with E-state index in [9.17, 15) is 9.90 Å². The van der Waals surface area contributed by atoms with Gasteiger partial charge in [0.25, 0.3) is 0 Å². The van der Waals surface area contributed by atoms with E-state index in [0.29, 0.717) is 19.0 Å². The largest absolute Gasteiger partial charge is 0.395 e. The van der Waals surface area contributed by atoms with Crippen molar-refractivity contribution in [1.82, 2.24) is 10.2 Å². The number of aryl methyl sites for hydroxylation is 1. The summed E-state index contributed by atoms with van der Waals surface area (Å²) in [6.07, 6.45) is 4.19. The van der Waals surface area contributed by atoms with Crippen LogP contribution < -0.4 is 5.32 Å². The van der Waals surface area contributed by atoms with Gasteiger partial charge < -0.3 is 10.4 Å². The number of piperidine rings is 1. The van der Waals surface area contributed by atoms with Gasteiger partial charge in [0.1, 0.15) is 0 Å². The molecule has 2 atom stereocenters. The second-order valence-corrected chi connectivity index (χ2v) is 6.28. The van der Waals surface area contributed by atoms with E-state index in [1.54, 1.807) is 0 Å². The summed E-state index contributed by atoms with van der Waals surface area (Å²) in [7, 11) is 0. The molecule has 1 amide bonds. The van der Waals surface area contributed by atoms with Crippen LogP contribution in [0, 0.1) is 5.92 Å². The van der Waals surface area contributed by atoms with Gasteiger partial charge in [-0.3, -0.25) is 9.69 Å². The Hall–Kier alpha value is -1.39. The SMILES string of the molecule is CC1CCCN(CC(=O)NCCCc2ccccc2)C1CO. The van der Waals surface area contributed by atoms with Crippen molar-refractivity contribution in [1.29, 1.82) is 0 Å². The number of aliphatic hydroxyl groups is 1. The Morgan fingerprint density at radius 2 is 2.14 bits per heavy atom. The first kappa shape index (κ1) is 17.0. The molecule has 0 spiro atoms. The topological polar surface area (TPSA) is 52.6 Å². The number of benzene rings is 1. The summed E-state index contributed by atoms with van der Waals surface area (Å²) in [5.74, 6) is 0.533. The summed E-state index contributed by atoms with van der Waals surface area (Å²) < 4.78 is 0. The van der Waals surface area contributed by atoms with Gasteiger partial charge in [-0.1, -0.05) is 37.3 Å². The van der Waals surface area contributed by atoms with Crippen LogP contribution >= 0.6 is 0 Å². The Bertz CT molecular complexity index is 450. The van der Waals surface area contributed by atoms with Gasteiger partial charge in [-0.25, -0.2) is 0 Å². The molecule has 0 bridgehead atoms. The summed E-state index contributed by atoms with van der Waals surface area (Å²) >= 11 is 0. The molecule has 0 aliphatic carbocycles. The van der Waals surface area contributed by atoms with E-state index in [4.69, 9.17) is 0 Å². The number of amides is 1. The van der Waals surface area contributed by atoms with Crippen molar-refractivity contribution in [3.8, 4) is 0 Å². The lowest BCUT2D eigenvalue weighted by Crippen LogP contribution is -2.50. The lowest BCUT2D eigenvalue weighted by molar-refractivity contribution is -0.123. The molecule has 1 aromatic rings. The van der Waals surface area contributed by atoms with Gasteiger partial charge in [0.15, 0.2) is 0 Å². The second kappa shape index (κ2) is 8.91.